The number of nitrogens with zero attached hydrogens (tertiary/aromatic N) is 1. The Labute approximate surface area is 110 Å². The van der Waals surface area contributed by atoms with Crippen LogP contribution in [0.2, 0.25) is 0 Å². The van der Waals surface area contributed by atoms with Gasteiger partial charge in [0.2, 0.25) is 11.8 Å². The van der Waals surface area contributed by atoms with E-state index < -0.39 is 28.0 Å². The maximum Gasteiger partial charge on any atom is 0.249 e. The summed E-state index contributed by atoms with van der Waals surface area (Å²) in [4.78, 5) is 23.0. The largest absolute Gasteiger partial charge is 0.731 e. The first-order chi connectivity index (χ1) is 8.89. The number of nitrogens with one attached hydrogen (secondary N) is 1. The van der Waals surface area contributed by atoms with Crippen LogP contribution in [0.25, 0.3) is 0 Å². The van der Waals surface area contributed by atoms with E-state index >= 15 is 0 Å². The van der Waals surface area contributed by atoms with Crippen LogP contribution in [-0.4, -0.2) is 35.6 Å². The molecular weight excluding hydrogens is 272 g/mol. The van der Waals surface area contributed by atoms with Gasteiger partial charge < -0.3 is 9.87 Å². The molecule has 1 aromatic rings. The molecule has 2 amide bonds. The Kier molecular flexibility index (Phi) is 3.54. The van der Waals surface area contributed by atoms with Crippen LogP contribution in [0.4, 0.5) is 0 Å². The van der Waals surface area contributed by atoms with Crippen molar-refractivity contribution in [1.29, 1.82) is 0 Å². The third-order valence-corrected chi connectivity index (χ3v) is 3.66. The number of hydrogen-bond acceptors (Lipinski definition) is 5. The predicted molar refractivity (Wildman–Crippen MR) is 63.2 cm³/mol. The lowest BCUT2D eigenvalue weighted by molar-refractivity contribution is -0.148. The lowest BCUT2D eigenvalue weighted by atomic mass is 10.0. The Morgan fingerprint density at radius 1 is 1.37 bits per heavy atom. The van der Waals surface area contributed by atoms with Gasteiger partial charge in [0.15, 0.2) is 10.3 Å². The van der Waals surface area contributed by atoms with Gasteiger partial charge in [-0.25, -0.2) is 12.7 Å². The molecule has 102 valence electrons. The molecular formula is C11H11N2O5S-. The molecule has 0 aliphatic carbocycles. The number of carbonyl (C=O) groups excluding carboxylic acids is 2. The van der Waals surface area contributed by atoms with Gasteiger partial charge in [-0.3, -0.25) is 9.59 Å². The summed E-state index contributed by atoms with van der Waals surface area (Å²) in [5.41, 5.74) is 0.857. The number of hydrogen-bond donors (Lipinski definition) is 1. The maximum absolute atomic E-state index is 11.6. The maximum atomic E-state index is 11.6. The first kappa shape index (κ1) is 13.5. The molecule has 1 fully saturated rings. The summed E-state index contributed by atoms with van der Waals surface area (Å²) in [5.74, 6) is -2.64. The van der Waals surface area contributed by atoms with E-state index in [4.69, 9.17) is 0 Å². The van der Waals surface area contributed by atoms with E-state index in [2.05, 4.69) is 5.32 Å². The molecule has 8 heteroatoms. The number of benzene rings is 1. The van der Waals surface area contributed by atoms with Gasteiger partial charge in [0, 0.05) is 6.54 Å². The van der Waals surface area contributed by atoms with E-state index in [0.717, 1.165) is 5.56 Å². The molecule has 1 N–H and O–H groups in total. The number of rotatable bonds is 4. The highest BCUT2D eigenvalue weighted by Gasteiger charge is 2.44. The van der Waals surface area contributed by atoms with Crippen LogP contribution < -0.4 is 5.32 Å². The fraction of sp³-hybridized carbons (Fsp3) is 0.273. The van der Waals surface area contributed by atoms with Gasteiger partial charge >= 0.3 is 0 Å². The smallest absolute Gasteiger partial charge is 0.249 e. The van der Waals surface area contributed by atoms with Crippen molar-refractivity contribution in [3.05, 3.63) is 35.9 Å². The third kappa shape index (κ3) is 2.91. The highest BCUT2D eigenvalue weighted by molar-refractivity contribution is 7.84. The molecule has 0 bridgehead atoms. The Balaban J connectivity index is 1.88. The molecule has 0 spiro atoms. The van der Waals surface area contributed by atoms with Crippen LogP contribution in [0.5, 0.6) is 0 Å². The van der Waals surface area contributed by atoms with E-state index in [0.29, 0.717) is 0 Å². The molecule has 1 unspecified atom stereocenters. The van der Waals surface area contributed by atoms with E-state index in [1.165, 1.54) is 0 Å². The minimum absolute atomic E-state index is 0.153. The van der Waals surface area contributed by atoms with Gasteiger partial charge in [0.25, 0.3) is 0 Å². The number of β-lactam (4-membered cyclic amide) rings is 1. The Bertz CT molecular complexity index is 599. The van der Waals surface area contributed by atoms with Crippen molar-refractivity contribution in [2.45, 2.75) is 6.54 Å². The molecule has 1 atom stereocenters. The summed E-state index contributed by atoms with van der Waals surface area (Å²) < 4.78 is 31.9. The van der Waals surface area contributed by atoms with Crippen LogP contribution in [-0.2, 0) is 26.4 Å². The predicted octanol–water partition coefficient (Wildman–Crippen LogP) is -0.779. The van der Waals surface area contributed by atoms with Crippen LogP contribution in [0.3, 0.4) is 0 Å². The quantitative estimate of drug-likeness (QED) is 0.443. The topological polar surface area (TPSA) is 107 Å². The second kappa shape index (κ2) is 4.98. The summed E-state index contributed by atoms with van der Waals surface area (Å²) in [5, 5.41) is 2.52. The minimum atomic E-state index is -4.80. The Hall–Kier alpha value is -1.93. The molecule has 1 aromatic carbocycles. The summed E-state index contributed by atoms with van der Waals surface area (Å²) in [6.07, 6.45) is 0. The van der Waals surface area contributed by atoms with Crippen molar-refractivity contribution in [2.75, 3.05) is 6.54 Å². The SMILES string of the molecule is O=C(NCc1ccccc1)C1CN(S(=O)(=O)[O-])C1=O. The Morgan fingerprint density at radius 3 is 2.53 bits per heavy atom. The number of carbonyl (C=O) groups is 2. The molecule has 19 heavy (non-hydrogen) atoms. The van der Waals surface area contributed by atoms with Crippen molar-refractivity contribution in [3.63, 3.8) is 0 Å². The molecule has 2 rings (SSSR count). The van der Waals surface area contributed by atoms with Crippen molar-refractivity contribution in [3.8, 4) is 0 Å². The van der Waals surface area contributed by atoms with Gasteiger partial charge in [-0.1, -0.05) is 30.3 Å². The Morgan fingerprint density at radius 2 is 2.00 bits per heavy atom. The van der Waals surface area contributed by atoms with Gasteiger partial charge in [-0.2, -0.15) is 0 Å². The van der Waals surface area contributed by atoms with Gasteiger partial charge in [-0.15, -0.1) is 0 Å². The minimum Gasteiger partial charge on any atom is -0.731 e. The zero-order valence-electron chi connectivity index (χ0n) is 9.78. The standard InChI is InChI=1S/C11H12N2O5S/c14-10(12-6-8-4-2-1-3-5-8)9-7-13(11(9)15)19(16,17)18/h1-5,9H,6-7H2,(H,12,14)(H,16,17,18)/p-1. The average Bonchev–Trinajstić information content (AvgIpc) is 2.34. The lowest BCUT2D eigenvalue weighted by Crippen LogP contribution is -2.59. The molecule has 1 heterocycles. The highest BCUT2D eigenvalue weighted by atomic mass is 32.2. The van der Waals surface area contributed by atoms with Crippen LogP contribution in [0, 0.1) is 5.92 Å². The fourth-order valence-corrected chi connectivity index (χ4v) is 2.38. The molecule has 1 aliphatic heterocycles. The first-order valence-electron chi connectivity index (χ1n) is 5.48. The molecule has 1 aliphatic rings. The molecule has 1 saturated heterocycles. The van der Waals surface area contributed by atoms with Crippen LogP contribution in [0.15, 0.2) is 30.3 Å². The first-order valence-corrected chi connectivity index (χ1v) is 6.85. The highest BCUT2D eigenvalue weighted by Crippen LogP contribution is 2.20. The molecule has 0 aromatic heterocycles. The fourth-order valence-electron chi connectivity index (χ4n) is 1.70. The van der Waals surface area contributed by atoms with Crippen LogP contribution in [0.1, 0.15) is 5.56 Å². The van der Waals surface area contributed by atoms with E-state index in [1.54, 1.807) is 12.1 Å². The van der Waals surface area contributed by atoms with Gasteiger partial charge in [0.05, 0.1) is 6.54 Å². The number of amides is 2. The van der Waals surface area contributed by atoms with Gasteiger partial charge in [0.1, 0.15) is 5.92 Å². The average molecular weight is 283 g/mol. The zero-order valence-corrected chi connectivity index (χ0v) is 10.6. The lowest BCUT2D eigenvalue weighted by Gasteiger charge is -2.38. The van der Waals surface area contributed by atoms with Crippen LogP contribution >= 0.6 is 0 Å². The molecule has 7 nitrogen and oxygen atoms in total. The molecule has 0 radical (unpaired) electrons. The normalized spacial score (nSPS) is 18.9. The molecule has 0 saturated carbocycles. The second-order valence-electron chi connectivity index (χ2n) is 4.08. The van der Waals surface area contributed by atoms with E-state index in [1.807, 2.05) is 18.2 Å². The van der Waals surface area contributed by atoms with Crippen molar-refractivity contribution in [1.82, 2.24) is 9.62 Å². The monoisotopic (exact) mass is 283 g/mol. The van der Waals surface area contributed by atoms with Crippen molar-refractivity contribution >= 4 is 22.1 Å². The second-order valence-corrected chi connectivity index (χ2v) is 5.38. The zero-order chi connectivity index (χ0) is 14.0. The van der Waals surface area contributed by atoms with Crippen molar-refractivity contribution in [2.24, 2.45) is 5.92 Å². The van der Waals surface area contributed by atoms with Gasteiger partial charge in [-0.05, 0) is 5.56 Å². The summed E-state index contributed by atoms with van der Waals surface area (Å²) in [6, 6.07) is 9.05. The third-order valence-electron chi connectivity index (χ3n) is 2.79. The van der Waals surface area contributed by atoms with E-state index in [9.17, 15) is 22.6 Å². The summed E-state index contributed by atoms with van der Waals surface area (Å²) >= 11 is 0. The summed E-state index contributed by atoms with van der Waals surface area (Å²) in [6.45, 7) is -0.140. The van der Waals surface area contributed by atoms with Crippen molar-refractivity contribution < 1.29 is 22.6 Å². The summed E-state index contributed by atoms with van der Waals surface area (Å²) in [7, 11) is -4.80. The van der Waals surface area contributed by atoms with E-state index in [-0.39, 0.29) is 17.4 Å².